The Balaban J connectivity index is 1.62. The second-order valence-corrected chi connectivity index (χ2v) is 8.84. The van der Waals surface area contributed by atoms with Gasteiger partial charge in [0.1, 0.15) is 5.56 Å². The topological polar surface area (TPSA) is 132 Å². The van der Waals surface area contributed by atoms with Gasteiger partial charge in [-0.2, -0.15) is 0 Å². The van der Waals surface area contributed by atoms with Gasteiger partial charge in [0, 0.05) is 40.2 Å². The first-order chi connectivity index (χ1) is 14.3. The largest absolute Gasteiger partial charge is 0.477 e. The van der Waals surface area contributed by atoms with Crippen molar-refractivity contribution in [2.24, 2.45) is 0 Å². The number of carboxylic acid groups (broad SMARTS) is 1. The molecular formula is C21H19N3O5S. The van der Waals surface area contributed by atoms with Crippen LogP contribution in [0.1, 0.15) is 22.8 Å². The van der Waals surface area contributed by atoms with Crippen molar-refractivity contribution >= 4 is 37.8 Å². The van der Waals surface area contributed by atoms with E-state index < -0.39 is 33.0 Å². The van der Waals surface area contributed by atoms with E-state index in [0.717, 1.165) is 22.7 Å². The molecule has 2 aromatic carbocycles. The Hall–Kier alpha value is -3.43. The van der Waals surface area contributed by atoms with Crippen molar-refractivity contribution in [3.05, 3.63) is 76.2 Å². The molecule has 4 rings (SSSR count). The third-order valence-electron chi connectivity index (χ3n) is 4.95. The molecule has 4 N–H and O–H groups in total. The van der Waals surface area contributed by atoms with Crippen molar-refractivity contribution in [3.63, 3.8) is 0 Å². The average molecular weight is 425 g/mol. The summed E-state index contributed by atoms with van der Waals surface area (Å²) in [4.78, 5) is 29.3. The lowest BCUT2D eigenvalue weighted by Gasteiger charge is -2.14. The zero-order valence-electron chi connectivity index (χ0n) is 16.0. The Bertz CT molecular complexity index is 1440. The summed E-state index contributed by atoms with van der Waals surface area (Å²) >= 11 is 0. The fourth-order valence-corrected chi connectivity index (χ4v) is 4.80. The van der Waals surface area contributed by atoms with Crippen molar-refractivity contribution in [2.75, 3.05) is 0 Å². The molecule has 0 saturated carbocycles. The Morgan fingerprint density at radius 3 is 2.53 bits per heavy atom. The van der Waals surface area contributed by atoms with Crippen molar-refractivity contribution in [1.29, 1.82) is 0 Å². The van der Waals surface area contributed by atoms with E-state index in [2.05, 4.69) is 14.7 Å². The fourth-order valence-electron chi connectivity index (χ4n) is 3.53. The highest BCUT2D eigenvalue weighted by molar-refractivity contribution is 7.89. The van der Waals surface area contributed by atoms with Crippen molar-refractivity contribution in [2.45, 2.75) is 24.3 Å². The number of para-hydroxylation sites is 1. The fraction of sp³-hybridized carbons (Fsp3) is 0.143. The molecule has 1 unspecified atom stereocenters. The summed E-state index contributed by atoms with van der Waals surface area (Å²) in [7, 11) is -3.92. The molecule has 1 atom stereocenters. The molecule has 4 aromatic rings. The Morgan fingerprint density at radius 2 is 1.77 bits per heavy atom. The van der Waals surface area contributed by atoms with E-state index in [9.17, 15) is 18.0 Å². The van der Waals surface area contributed by atoms with Crippen LogP contribution in [-0.2, 0) is 16.4 Å². The summed E-state index contributed by atoms with van der Waals surface area (Å²) in [6, 6.07) is 11.4. The number of hydrogen-bond acceptors (Lipinski definition) is 4. The maximum Gasteiger partial charge on any atom is 0.341 e. The third-order valence-corrected chi connectivity index (χ3v) is 6.54. The maximum absolute atomic E-state index is 12.9. The maximum atomic E-state index is 12.9. The van der Waals surface area contributed by atoms with Crippen LogP contribution in [0.25, 0.3) is 21.8 Å². The van der Waals surface area contributed by atoms with Crippen LogP contribution in [0.5, 0.6) is 0 Å². The number of pyridine rings is 1. The van der Waals surface area contributed by atoms with Gasteiger partial charge in [0.15, 0.2) is 0 Å². The summed E-state index contributed by atoms with van der Waals surface area (Å²) in [5.74, 6) is -1.38. The van der Waals surface area contributed by atoms with Gasteiger partial charge in [-0.05, 0) is 43.2 Å². The van der Waals surface area contributed by atoms with Gasteiger partial charge in [-0.1, -0.05) is 18.2 Å². The minimum Gasteiger partial charge on any atom is -0.477 e. The lowest BCUT2D eigenvalue weighted by molar-refractivity contribution is 0.0695. The van der Waals surface area contributed by atoms with Crippen molar-refractivity contribution in [1.82, 2.24) is 14.7 Å². The molecule has 2 heterocycles. The molecule has 8 nitrogen and oxygen atoms in total. The first kappa shape index (κ1) is 19.9. The second-order valence-electron chi connectivity index (χ2n) is 7.13. The molecule has 0 amide bonds. The van der Waals surface area contributed by atoms with E-state index in [1.165, 1.54) is 18.2 Å². The zero-order chi connectivity index (χ0) is 21.5. The van der Waals surface area contributed by atoms with Crippen LogP contribution in [0.4, 0.5) is 0 Å². The van der Waals surface area contributed by atoms with E-state index in [1.807, 2.05) is 30.5 Å². The smallest absolute Gasteiger partial charge is 0.341 e. The number of aromatic amines is 2. The van der Waals surface area contributed by atoms with Crippen LogP contribution in [0, 0.1) is 0 Å². The number of carbonyl (C=O) groups is 1. The van der Waals surface area contributed by atoms with Gasteiger partial charge < -0.3 is 15.1 Å². The van der Waals surface area contributed by atoms with Crippen LogP contribution in [0.2, 0.25) is 0 Å². The predicted octanol–water partition coefficient (Wildman–Crippen LogP) is 2.62. The first-order valence-corrected chi connectivity index (χ1v) is 10.7. The number of sulfonamides is 1. The van der Waals surface area contributed by atoms with Gasteiger partial charge >= 0.3 is 5.97 Å². The molecule has 0 spiro atoms. The minimum absolute atomic E-state index is 0.00190. The molecule has 0 fully saturated rings. The SMILES string of the molecule is CC(Cc1c[nH]c2ccccc12)NS(=O)(=O)c1ccc2[nH]cc(C(=O)O)c(=O)c2c1. The van der Waals surface area contributed by atoms with Crippen molar-refractivity contribution < 1.29 is 18.3 Å². The van der Waals surface area contributed by atoms with Gasteiger partial charge in [0.25, 0.3) is 0 Å². The number of hydrogen-bond donors (Lipinski definition) is 4. The monoisotopic (exact) mass is 425 g/mol. The van der Waals surface area contributed by atoms with E-state index >= 15 is 0 Å². The Morgan fingerprint density at radius 1 is 1.07 bits per heavy atom. The highest BCUT2D eigenvalue weighted by Gasteiger charge is 2.20. The van der Waals surface area contributed by atoms with Crippen LogP contribution in [0.3, 0.4) is 0 Å². The average Bonchev–Trinajstić information content (AvgIpc) is 3.10. The molecule has 0 aliphatic heterocycles. The second kappa shape index (κ2) is 7.43. The summed E-state index contributed by atoms with van der Waals surface area (Å²) in [5, 5.41) is 10.1. The molecule has 0 aliphatic rings. The standard InChI is InChI=1S/C21H19N3O5S/c1-12(8-13-10-22-18-5-3-2-4-15(13)18)24-30(28,29)14-6-7-19-16(9-14)20(25)17(11-23-19)21(26)27/h2-7,9-12,22,24H,8H2,1H3,(H,23,25)(H,26,27). The number of carboxylic acids is 1. The molecule has 154 valence electrons. The normalized spacial score (nSPS) is 13.0. The highest BCUT2D eigenvalue weighted by atomic mass is 32.2. The zero-order valence-corrected chi connectivity index (χ0v) is 16.8. The predicted molar refractivity (Wildman–Crippen MR) is 113 cm³/mol. The number of benzene rings is 2. The van der Waals surface area contributed by atoms with Crippen LogP contribution < -0.4 is 10.2 Å². The Kier molecular flexibility index (Phi) is 4.92. The quantitative estimate of drug-likeness (QED) is 0.377. The number of rotatable bonds is 6. The summed E-state index contributed by atoms with van der Waals surface area (Å²) in [5.41, 5.74) is 1.14. The lowest BCUT2D eigenvalue weighted by Crippen LogP contribution is -2.34. The molecule has 9 heteroatoms. The van der Waals surface area contributed by atoms with Gasteiger partial charge in [-0.25, -0.2) is 17.9 Å². The Labute approximate surface area is 171 Å². The molecule has 30 heavy (non-hydrogen) atoms. The van der Waals surface area contributed by atoms with Gasteiger partial charge in [-0.15, -0.1) is 0 Å². The summed E-state index contributed by atoms with van der Waals surface area (Å²) in [6.07, 6.45) is 3.43. The van der Waals surface area contributed by atoms with Crippen molar-refractivity contribution in [3.8, 4) is 0 Å². The van der Waals surface area contributed by atoms with E-state index in [4.69, 9.17) is 5.11 Å². The van der Waals surface area contributed by atoms with Gasteiger partial charge in [0.05, 0.1) is 4.90 Å². The highest BCUT2D eigenvalue weighted by Crippen LogP contribution is 2.20. The van der Waals surface area contributed by atoms with E-state index in [1.54, 1.807) is 6.92 Å². The van der Waals surface area contributed by atoms with E-state index in [0.29, 0.717) is 11.9 Å². The van der Waals surface area contributed by atoms with Gasteiger partial charge in [-0.3, -0.25) is 4.79 Å². The molecule has 0 radical (unpaired) electrons. The number of aromatic nitrogens is 2. The first-order valence-electron chi connectivity index (χ1n) is 9.22. The number of aromatic carboxylic acids is 1. The van der Waals surface area contributed by atoms with Crippen LogP contribution >= 0.6 is 0 Å². The number of nitrogens with one attached hydrogen (secondary N) is 3. The number of H-pyrrole nitrogens is 2. The molecule has 0 aliphatic carbocycles. The van der Waals surface area contributed by atoms with Gasteiger partial charge in [0.2, 0.25) is 15.5 Å². The lowest BCUT2D eigenvalue weighted by atomic mass is 10.1. The minimum atomic E-state index is -3.92. The molecule has 0 bridgehead atoms. The number of fused-ring (bicyclic) bond motifs is 2. The molecule has 0 saturated heterocycles. The van der Waals surface area contributed by atoms with Crippen LogP contribution in [0.15, 0.2) is 64.5 Å². The van der Waals surface area contributed by atoms with E-state index in [-0.39, 0.29) is 10.3 Å². The summed E-state index contributed by atoms with van der Waals surface area (Å²) < 4.78 is 28.3. The molecule has 2 aromatic heterocycles. The molecular weight excluding hydrogens is 406 g/mol. The van der Waals surface area contributed by atoms with Crippen LogP contribution in [-0.4, -0.2) is 35.5 Å². The summed E-state index contributed by atoms with van der Waals surface area (Å²) in [6.45, 7) is 1.76. The third kappa shape index (κ3) is 3.60.